The van der Waals surface area contributed by atoms with Gasteiger partial charge in [0, 0.05) is 48.0 Å². The average Bonchev–Trinajstić information content (AvgIpc) is 3.14. The summed E-state index contributed by atoms with van der Waals surface area (Å²) in [6.45, 7) is 4.80. The highest BCUT2D eigenvalue weighted by atomic mass is 32.2. The molecule has 2 aliphatic rings. The SMILES string of the molecule is c1cnc(-c2nc(SCCN3CCOCC3)c3c4c(sc3n2)CCCC4)cn1. The highest BCUT2D eigenvalue weighted by Crippen LogP contribution is 2.40. The number of hydrogen-bond donors (Lipinski definition) is 0. The Morgan fingerprint density at radius 2 is 2.00 bits per heavy atom. The predicted octanol–water partition coefficient (Wildman–Crippen LogP) is 3.45. The summed E-state index contributed by atoms with van der Waals surface area (Å²) in [5.74, 6) is 1.71. The van der Waals surface area contributed by atoms with Gasteiger partial charge in [-0.05, 0) is 31.2 Å². The number of nitrogens with zero attached hydrogens (tertiary/aromatic N) is 5. The van der Waals surface area contributed by atoms with Gasteiger partial charge in [0.25, 0.3) is 0 Å². The van der Waals surface area contributed by atoms with Crippen molar-refractivity contribution >= 4 is 33.3 Å². The first-order chi connectivity index (χ1) is 13.9. The van der Waals surface area contributed by atoms with E-state index in [0.29, 0.717) is 5.82 Å². The second-order valence-corrected chi connectivity index (χ2v) is 9.30. The Morgan fingerprint density at radius 1 is 1.11 bits per heavy atom. The molecule has 4 heterocycles. The summed E-state index contributed by atoms with van der Waals surface area (Å²) in [4.78, 5) is 23.5. The number of aromatic nitrogens is 4. The van der Waals surface area contributed by atoms with Crippen molar-refractivity contribution in [2.45, 2.75) is 30.7 Å². The van der Waals surface area contributed by atoms with E-state index in [0.717, 1.165) is 60.6 Å². The number of ether oxygens (including phenoxy) is 1. The molecule has 0 saturated carbocycles. The lowest BCUT2D eigenvalue weighted by molar-refractivity contribution is 0.0410. The lowest BCUT2D eigenvalue weighted by Crippen LogP contribution is -2.37. The molecule has 1 aliphatic heterocycles. The van der Waals surface area contributed by atoms with Crippen molar-refractivity contribution in [3.05, 3.63) is 29.0 Å². The van der Waals surface area contributed by atoms with Gasteiger partial charge in [-0.1, -0.05) is 0 Å². The molecule has 146 valence electrons. The number of morpholine rings is 1. The van der Waals surface area contributed by atoms with E-state index >= 15 is 0 Å². The summed E-state index contributed by atoms with van der Waals surface area (Å²) >= 11 is 3.70. The number of thiophene rings is 1. The van der Waals surface area contributed by atoms with E-state index < -0.39 is 0 Å². The normalized spacial score (nSPS) is 17.7. The second kappa shape index (κ2) is 8.41. The fourth-order valence-electron chi connectivity index (χ4n) is 3.85. The zero-order valence-electron chi connectivity index (χ0n) is 15.8. The van der Waals surface area contributed by atoms with Gasteiger partial charge in [0.1, 0.15) is 15.6 Å². The molecular formula is C20H23N5OS2. The van der Waals surface area contributed by atoms with Crippen molar-refractivity contribution in [3.8, 4) is 11.5 Å². The summed E-state index contributed by atoms with van der Waals surface area (Å²) in [5.41, 5.74) is 2.23. The van der Waals surface area contributed by atoms with Gasteiger partial charge in [-0.3, -0.25) is 9.88 Å². The molecule has 5 rings (SSSR count). The number of fused-ring (bicyclic) bond motifs is 3. The Labute approximate surface area is 172 Å². The first-order valence-corrected chi connectivity index (χ1v) is 11.7. The number of aryl methyl sites for hydroxylation is 2. The number of hydrogen-bond acceptors (Lipinski definition) is 8. The zero-order chi connectivity index (χ0) is 18.8. The standard InChI is InChI=1S/C20H23N5OS2/c1-2-4-16-14(3-1)17-19(27-12-9-25-7-10-26-11-8-25)23-18(24-20(17)28-16)15-13-21-5-6-22-15/h5-6,13H,1-4,7-12H2. The zero-order valence-corrected chi connectivity index (χ0v) is 17.4. The minimum atomic E-state index is 0.688. The van der Waals surface area contributed by atoms with Crippen molar-refractivity contribution < 1.29 is 4.74 Å². The third-order valence-corrected chi connectivity index (χ3v) is 7.46. The van der Waals surface area contributed by atoms with Crippen LogP contribution in [0, 0.1) is 0 Å². The van der Waals surface area contributed by atoms with Gasteiger partial charge in [-0.25, -0.2) is 15.0 Å². The minimum absolute atomic E-state index is 0.688. The van der Waals surface area contributed by atoms with Gasteiger partial charge >= 0.3 is 0 Å². The molecular weight excluding hydrogens is 390 g/mol. The molecule has 0 aromatic carbocycles. The summed E-state index contributed by atoms with van der Waals surface area (Å²) in [7, 11) is 0. The Morgan fingerprint density at radius 3 is 2.86 bits per heavy atom. The van der Waals surface area contributed by atoms with Crippen LogP contribution in [0.2, 0.25) is 0 Å². The van der Waals surface area contributed by atoms with Gasteiger partial charge in [0.05, 0.1) is 19.4 Å². The van der Waals surface area contributed by atoms with Crippen LogP contribution in [0.15, 0.2) is 23.6 Å². The largest absolute Gasteiger partial charge is 0.379 e. The van der Waals surface area contributed by atoms with Crippen LogP contribution in [0.5, 0.6) is 0 Å². The molecule has 0 spiro atoms. The van der Waals surface area contributed by atoms with E-state index in [1.165, 1.54) is 35.1 Å². The van der Waals surface area contributed by atoms with E-state index in [1.807, 2.05) is 23.1 Å². The Hall–Kier alpha value is -1.61. The summed E-state index contributed by atoms with van der Waals surface area (Å²) in [5, 5.41) is 2.40. The molecule has 1 aliphatic carbocycles. The fraction of sp³-hybridized carbons (Fsp3) is 0.500. The molecule has 28 heavy (non-hydrogen) atoms. The molecule has 1 fully saturated rings. The van der Waals surface area contributed by atoms with Crippen LogP contribution in [0.1, 0.15) is 23.3 Å². The first kappa shape index (κ1) is 18.4. The monoisotopic (exact) mass is 413 g/mol. The molecule has 0 bridgehead atoms. The fourth-order valence-corrected chi connectivity index (χ4v) is 6.24. The third-order valence-electron chi connectivity index (χ3n) is 5.32. The maximum Gasteiger partial charge on any atom is 0.182 e. The smallest absolute Gasteiger partial charge is 0.182 e. The number of thioether (sulfide) groups is 1. The molecule has 3 aromatic heterocycles. The molecule has 3 aromatic rings. The van der Waals surface area contributed by atoms with Crippen LogP contribution in [0.4, 0.5) is 0 Å². The topological polar surface area (TPSA) is 64.0 Å². The molecule has 0 N–H and O–H groups in total. The maximum atomic E-state index is 5.46. The summed E-state index contributed by atoms with van der Waals surface area (Å²) < 4.78 is 5.46. The average molecular weight is 414 g/mol. The Kier molecular flexibility index (Phi) is 5.53. The molecule has 6 nitrogen and oxygen atoms in total. The second-order valence-electron chi connectivity index (χ2n) is 7.14. The van der Waals surface area contributed by atoms with Crippen molar-refractivity contribution in [2.24, 2.45) is 0 Å². The van der Waals surface area contributed by atoms with E-state index in [4.69, 9.17) is 14.7 Å². The minimum Gasteiger partial charge on any atom is -0.379 e. The highest BCUT2D eigenvalue weighted by Gasteiger charge is 2.22. The summed E-state index contributed by atoms with van der Waals surface area (Å²) in [6.07, 6.45) is 10.0. The van der Waals surface area contributed by atoms with Gasteiger partial charge in [0.15, 0.2) is 5.82 Å². The van der Waals surface area contributed by atoms with E-state index in [1.54, 1.807) is 18.6 Å². The van der Waals surface area contributed by atoms with Crippen LogP contribution in [0.25, 0.3) is 21.7 Å². The van der Waals surface area contributed by atoms with Crippen molar-refractivity contribution in [2.75, 3.05) is 38.6 Å². The lowest BCUT2D eigenvalue weighted by Gasteiger charge is -2.26. The van der Waals surface area contributed by atoms with E-state index in [2.05, 4.69) is 14.9 Å². The lowest BCUT2D eigenvalue weighted by atomic mass is 9.97. The van der Waals surface area contributed by atoms with Crippen LogP contribution in [-0.4, -0.2) is 63.4 Å². The highest BCUT2D eigenvalue weighted by molar-refractivity contribution is 7.99. The van der Waals surface area contributed by atoms with Gasteiger partial charge < -0.3 is 4.74 Å². The maximum absolute atomic E-state index is 5.46. The van der Waals surface area contributed by atoms with Crippen LogP contribution in [-0.2, 0) is 17.6 Å². The van der Waals surface area contributed by atoms with Gasteiger partial charge in [-0.15, -0.1) is 23.1 Å². The molecule has 0 atom stereocenters. The number of rotatable bonds is 5. The van der Waals surface area contributed by atoms with Crippen LogP contribution < -0.4 is 0 Å². The van der Waals surface area contributed by atoms with Gasteiger partial charge in [0.2, 0.25) is 0 Å². The molecule has 0 unspecified atom stereocenters. The molecule has 0 amide bonds. The Balaban J connectivity index is 1.48. The Bertz CT molecular complexity index is 956. The van der Waals surface area contributed by atoms with Crippen molar-refractivity contribution in [1.29, 1.82) is 0 Å². The molecule has 1 saturated heterocycles. The summed E-state index contributed by atoms with van der Waals surface area (Å²) in [6, 6.07) is 0. The molecule has 8 heteroatoms. The van der Waals surface area contributed by atoms with Crippen molar-refractivity contribution in [1.82, 2.24) is 24.8 Å². The quantitative estimate of drug-likeness (QED) is 0.469. The first-order valence-electron chi connectivity index (χ1n) is 9.90. The van der Waals surface area contributed by atoms with Crippen LogP contribution >= 0.6 is 23.1 Å². The van der Waals surface area contributed by atoms with E-state index in [9.17, 15) is 0 Å². The van der Waals surface area contributed by atoms with E-state index in [-0.39, 0.29) is 0 Å². The van der Waals surface area contributed by atoms with Crippen molar-refractivity contribution in [3.63, 3.8) is 0 Å². The third kappa shape index (κ3) is 3.78. The predicted molar refractivity (Wildman–Crippen MR) is 113 cm³/mol. The van der Waals surface area contributed by atoms with Crippen LogP contribution in [0.3, 0.4) is 0 Å². The molecule has 0 radical (unpaired) electrons. The van der Waals surface area contributed by atoms with Gasteiger partial charge in [-0.2, -0.15) is 0 Å².